The molecule has 0 aliphatic carbocycles. The maximum atomic E-state index is 8.71. The fourth-order valence-corrected chi connectivity index (χ4v) is 1.01. The lowest BCUT2D eigenvalue weighted by Gasteiger charge is -2.03. The van der Waals surface area contributed by atoms with Crippen molar-refractivity contribution in [3.8, 4) is 0 Å². The zero-order valence-electron chi connectivity index (χ0n) is 6.99. The molecule has 0 saturated carbocycles. The summed E-state index contributed by atoms with van der Waals surface area (Å²) in [5.74, 6) is 0.621. The Bertz CT molecular complexity index is 218. The number of imidazole rings is 1. The predicted octanol–water partition coefficient (Wildman–Crippen LogP) is 1.03. The first-order chi connectivity index (χ1) is 5.22. The molecule has 3 nitrogen and oxygen atoms in total. The fraction of sp³-hybridized carbons (Fsp3) is 0.625. The van der Waals surface area contributed by atoms with E-state index in [-0.39, 0.29) is 6.61 Å². The van der Waals surface area contributed by atoms with E-state index in [0.29, 0.717) is 5.92 Å². The Morgan fingerprint density at radius 2 is 2.36 bits per heavy atom. The van der Waals surface area contributed by atoms with Crippen molar-refractivity contribution in [2.75, 3.05) is 0 Å². The maximum absolute atomic E-state index is 8.71. The molecule has 62 valence electrons. The Morgan fingerprint density at radius 1 is 1.64 bits per heavy atom. The van der Waals surface area contributed by atoms with Gasteiger partial charge in [0.2, 0.25) is 0 Å². The van der Waals surface area contributed by atoms with Gasteiger partial charge in [0.05, 0.1) is 18.6 Å². The third kappa shape index (κ3) is 2.35. The predicted molar refractivity (Wildman–Crippen MR) is 43.0 cm³/mol. The van der Waals surface area contributed by atoms with Gasteiger partial charge in [-0.25, -0.2) is 4.98 Å². The molecule has 3 heteroatoms. The number of aliphatic hydroxyl groups is 1. The molecule has 1 heterocycles. The molecule has 0 spiro atoms. The number of aromatic nitrogens is 2. The van der Waals surface area contributed by atoms with Gasteiger partial charge < -0.3 is 9.67 Å². The fourth-order valence-electron chi connectivity index (χ4n) is 1.01. The highest BCUT2D eigenvalue weighted by molar-refractivity contribution is 4.94. The second-order valence-corrected chi connectivity index (χ2v) is 3.11. The van der Waals surface area contributed by atoms with Crippen molar-refractivity contribution in [2.24, 2.45) is 5.92 Å². The van der Waals surface area contributed by atoms with Crippen molar-refractivity contribution >= 4 is 0 Å². The summed E-state index contributed by atoms with van der Waals surface area (Å²) in [7, 11) is 0. The van der Waals surface area contributed by atoms with Crippen LogP contribution in [0, 0.1) is 5.92 Å². The van der Waals surface area contributed by atoms with Crippen molar-refractivity contribution in [1.82, 2.24) is 9.55 Å². The molecule has 0 aliphatic rings. The molecule has 1 aromatic heterocycles. The van der Waals surface area contributed by atoms with E-state index in [1.807, 2.05) is 10.8 Å². The Balaban J connectivity index is 2.58. The van der Waals surface area contributed by atoms with Gasteiger partial charge in [0, 0.05) is 12.7 Å². The number of rotatable bonds is 3. The van der Waals surface area contributed by atoms with Gasteiger partial charge in [0.1, 0.15) is 0 Å². The summed E-state index contributed by atoms with van der Waals surface area (Å²) >= 11 is 0. The molecule has 0 radical (unpaired) electrons. The lowest BCUT2D eigenvalue weighted by Crippen LogP contribution is -2.01. The molecule has 0 atom stereocenters. The van der Waals surface area contributed by atoms with Crippen LogP contribution >= 0.6 is 0 Å². The topological polar surface area (TPSA) is 38.0 Å². The first kappa shape index (κ1) is 8.27. The van der Waals surface area contributed by atoms with Gasteiger partial charge in [-0.15, -0.1) is 0 Å². The van der Waals surface area contributed by atoms with Crippen LogP contribution in [0.1, 0.15) is 19.5 Å². The third-order valence-electron chi connectivity index (χ3n) is 1.42. The molecule has 0 saturated heterocycles. The summed E-state index contributed by atoms with van der Waals surface area (Å²) in [4.78, 5) is 4.00. The first-order valence-electron chi connectivity index (χ1n) is 3.84. The quantitative estimate of drug-likeness (QED) is 0.706. The van der Waals surface area contributed by atoms with Crippen molar-refractivity contribution in [3.63, 3.8) is 0 Å². The number of aliphatic hydroxyl groups excluding tert-OH is 1. The van der Waals surface area contributed by atoms with Gasteiger partial charge in [-0.05, 0) is 5.92 Å². The highest BCUT2D eigenvalue weighted by atomic mass is 16.3. The molecule has 0 amide bonds. The van der Waals surface area contributed by atoms with Crippen molar-refractivity contribution in [3.05, 3.63) is 18.2 Å². The molecule has 0 bridgehead atoms. The lowest BCUT2D eigenvalue weighted by atomic mass is 10.2. The normalized spacial score (nSPS) is 10.9. The summed E-state index contributed by atoms with van der Waals surface area (Å²) < 4.78 is 2.00. The second kappa shape index (κ2) is 3.53. The highest BCUT2D eigenvalue weighted by Gasteiger charge is 1.98. The molecule has 0 aliphatic heterocycles. The maximum Gasteiger partial charge on any atom is 0.0950 e. The smallest absolute Gasteiger partial charge is 0.0950 e. The number of hydrogen-bond donors (Lipinski definition) is 1. The van der Waals surface area contributed by atoms with E-state index in [4.69, 9.17) is 5.11 Å². The first-order valence-corrected chi connectivity index (χ1v) is 3.84. The number of nitrogens with zero attached hydrogens (tertiary/aromatic N) is 2. The van der Waals surface area contributed by atoms with E-state index in [0.717, 1.165) is 12.2 Å². The Morgan fingerprint density at radius 3 is 2.82 bits per heavy atom. The van der Waals surface area contributed by atoms with Crippen LogP contribution in [0.3, 0.4) is 0 Å². The van der Waals surface area contributed by atoms with E-state index in [1.54, 1.807) is 6.33 Å². The molecular weight excluding hydrogens is 140 g/mol. The molecule has 0 fully saturated rings. The Kier molecular flexibility index (Phi) is 2.65. The van der Waals surface area contributed by atoms with Gasteiger partial charge in [-0.1, -0.05) is 13.8 Å². The van der Waals surface area contributed by atoms with E-state index in [2.05, 4.69) is 18.8 Å². The lowest BCUT2D eigenvalue weighted by molar-refractivity contribution is 0.277. The van der Waals surface area contributed by atoms with Crippen molar-refractivity contribution < 1.29 is 5.11 Å². The SMILES string of the molecule is CC(C)Cn1cnc(CO)c1. The van der Waals surface area contributed by atoms with E-state index >= 15 is 0 Å². The Labute approximate surface area is 66.7 Å². The van der Waals surface area contributed by atoms with Crippen LogP contribution < -0.4 is 0 Å². The van der Waals surface area contributed by atoms with Crippen LogP contribution in [0.4, 0.5) is 0 Å². The number of hydrogen-bond acceptors (Lipinski definition) is 2. The van der Waals surface area contributed by atoms with Crippen LogP contribution in [0.2, 0.25) is 0 Å². The van der Waals surface area contributed by atoms with E-state index in [9.17, 15) is 0 Å². The zero-order chi connectivity index (χ0) is 8.27. The van der Waals surface area contributed by atoms with Gasteiger partial charge in [-0.2, -0.15) is 0 Å². The monoisotopic (exact) mass is 154 g/mol. The summed E-state index contributed by atoms with van der Waals surface area (Å²) in [5.41, 5.74) is 0.741. The third-order valence-corrected chi connectivity index (χ3v) is 1.42. The van der Waals surface area contributed by atoms with Gasteiger partial charge >= 0.3 is 0 Å². The van der Waals surface area contributed by atoms with Crippen LogP contribution in [0.25, 0.3) is 0 Å². The summed E-state index contributed by atoms with van der Waals surface area (Å²) in [6.45, 7) is 5.30. The van der Waals surface area contributed by atoms with Gasteiger partial charge in [0.15, 0.2) is 0 Å². The standard InChI is InChI=1S/C8H14N2O/c1-7(2)3-10-4-8(5-11)9-6-10/h4,6-7,11H,3,5H2,1-2H3. The van der Waals surface area contributed by atoms with E-state index < -0.39 is 0 Å². The van der Waals surface area contributed by atoms with Crippen LogP contribution in [0.15, 0.2) is 12.5 Å². The average molecular weight is 154 g/mol. The van der Waals surface area contributed by atoms with E-state index in [1.165, 1.54) is 0 Å². The molecular formula is C8H14N2O. The minimum absolute atomic E-state index is 0.0328. The molecule has 1 aromatic rings. The summed E-state index contributed by atoms with van der Waals surface area (Å²) in [6.07, 6.45) is 3.63. The highest BCUT2D eigenvalue weighted by Crippen LogP contribution is 2.00. The summed E-state index contributed by atoms with van der Waals surface area (Å²) in [6, 6.07) is 0. The van der Waals surface area contributed by atoms with Crippen LogP contribution in [-0.4, -0.2) is 14.7 Å². The molecule has 0 unspecified atom stereocenters. The second-order valence-electron chi connectivity index (χ2n) is 3.11. The molecule has 11 heavy (non-hydrogen) atoms. The van der Waals surface area contributed by atoms with Crippen LogP contribution in [-0.2, 0) is 13.2 Å². The molecule has 1 rings (SSSR count). The van der Waals surface area contributed by atoms with Crippen molar-refractivity contribution in [1.29, 1.82) is 0 Å². The summed E-state index contributed by atoms with van der Waals surface area (Å²) in [5, 5.41) is 8.71. The largest absolute Gasteiger partial charge is 0.390 e. The van der Waals surface area contributed by atoms with Gasteiger partial charge in [0.25, 0.3) is 0 Å². The Hall–Kier alpha value is -0.830. The van der Waals surface area contributed by atoms with Crippen molar-refractivity contribution in [2.45, 2.75) is 27.0 Å². The minimum atomic E-state index is 0.0328. The minimum Gasteiger partial charge on any atom is -0.390 e. The van der Waals surface area contributed by atoms with Crippen LogP contribution in [0.5, 0.6) is 0 Å². The zero-order valence-corrected chi connectivity index (χ0v) is 6.99. The molecule has 0 aromatic carbocycles. The van der Waals surface area contributed by atoms with Gasteiger partial charge in [-0.3, -0.25) is 0 Å². The molecule has 1 N–H and O–H groups in total. The average Bonchev–Trinajstić information content (AvgIpc) is 2.34.